The van der Waals surface area contributed by atoms with Crippen molar-refractivity contribution in [2.45, 2.75) is 6.92 Å². The van der Waals surface area contributed by atoms with Gasteiger partial charge in [-0.3, -0.25) is 9.59 Å². The Labute approximate surface area is 63.6 Å². The van der Waals surface area contributed by atoms with Gasteiger partial charge in [-0.25, -0.2) is 0 Å². The van der Waals surface area contributed by atoms with Crippen LogP contribution in [0.4, 0.5) is 5.69 Å². The zero-order valence-electron chi connectivity index (χ0n) is 6.05. The Morgan fingerprint density at radius 1 is 1.55 bits per heavy atom. The Kier molecular flexibility index (Phi) is 2.06. The van der Waals surface area contributed by atoms with Crippen LogP contribution in [0.2, 0.25) is 0 Å². The highest BCUT2D eigenvalue weighted by Crippen LogP contribution is 2.02. The van der Waals surface area contributed by atoms with Crippen LogP contribution in [0.25, 0.3) is 0 Å². The number of carbonyl (C=O) groups is 2. The molecule has 4 heteroatoms. The van der Waals surface area contributed by atoms with Gasteiger partial charge in [0.15, 0.2) is 0 Å². The average molecular weight is 152 g/mol. The van der Waals surface area contributed by atoms with Crippen molar-refractivity contribution in [2.24, 2.45) is 0 Å². The van der Waals surface area contributed by atoms with E-state index in [2.05, 4.69) is 10.3 Å². The smallest absolute Gasteiger partial charge is 0.291 e. The van der Waals surface area contributed by atoms with Gasteiger partial charge in [-0.1, -0.05) is 0 Å². The molecule has 0 spiro atoms. The second-order valence-corrected chi connectivity index (χ2v) is 2.11. The largest absolute Gasteiger partial charge is 0.366 e. The number of H-pyrrole nitrogens is 1. The third-order valence-corrected chi connectivity index (χ3v) is 1.18. The normalized spacial score (nSPS) is 9.18. The summed E-state index contributed by atoms with van der Waals surface area (Å²) in [5.74, 6) is -1.09. The maximum absolute atomic E-state index is 10.7. The predicted octanol–water partition coefficient (Wildman–Crippen LogP) is 0.542. The molecule has 1 heterocycles. The van der Waals surface area contributed by atoms with Crippen LogP contribution in [-0.4, -0.2) is 16.7 Å². The number of nitrogens with one attached hydrogen (secondary N) is 2. The molecule has 0 aliphatic heterocycles. The molecule has 0 aliphatic rings. The van der Waals surface area contributed by atoms with Crippen molar-refractivity contribution in [1.29, 1.82) is 0 Å². The zero-order chi connectivity index (χ0) is 8.27. The number of hydrogen-bond acceptors (Lipinski definition) is 2. The SMILES string of the molecule is CC(=O)C(=O)Nc1cc[nH]c1. The van der Waals surface area contributed by atoms with Crippen LogP contribution >= 0.6 is 0 Å². The number of hydrogen-bond donors (Lipinski definition) is 2. The lowest BCUT2D eigenvalue weighted by atomic mass is 10.4. The van der Waals surface area contributed by atoms with Gasteiger partial charge < -0.3 is 10.3 Å². The lowest BCUT2D eigenvalue weighted by Crippen LogP contribution is -2.19. The number of ketones is 1. The standard InChI is InChI=1S/C7H8N2O2/c1-5(10)7(11)9-6-2-3-8-4-6/h2-4,8H,1H3,(H,9,11). The van der Waals surface area contributed by atoms with E-state index in [4.69, 9.17) is 0 Å². The van der Waals surface area contributed by atoms with Gasteiger partial charge in [-0.2, -0.15) is 0 Å². The molecule has 0 atom stereocenters. The summed E-state index contributed by atoms with van der Waals surface area (Å²) in [6, 6.07) is 1.67. The first-order valence-electron chi connectivity index (χ1n) is 3.15. The summed E-state index contributed by atoms with van der Waals surface area (Å²) in [4.78, 5) is 23.9. The Morgan fingerprint density at radius 3 is 2.73 bits per heavy atom. The number of amides is 1. The van der Waals surface area contributed by atoms with Gasteiger partial charge in [0, 0.05) is 19.3 Å². The summed E-state index contributed by atoms with van der Waals surface area (Å²) in [6.07, 6.45) is 3.26. The third-order valence-electron chi connectivity index (χ3n) is 1.18. The maximum Gasteiger partial charge on any atom is 0.291 e. The summed E-state index contributed by atoms with van der Waals surface area (Å²) in [5.41, 5.74) is 0.602. The molecule has 0 radical (unpaired) electrons. The van der Waals surface area contributed by atoms with Crippen molar-refractivity contribution >= 4 is 17.4 Å². The molecule has 1 amide bonds. The summed E-state index contributed by atoms with van der Waals surface area (Å²) >= 11 is 0. The molecule has 0 aromatic carbocycles. The number of Topliss-reactive ketones (excluding diaryl/α,β-unsaturated/α-hetero) is 1. The summed E-state index contributed by atoms with van der Waals surface area (Å²) in [7, 11) is 0. The predicted molar refractivity (Wildman–Crippen MR) is 40.1 cm³/mol. The summed E-state index contributed by atoms with van der Waals surface area (Å²) < 4.78 is 0. The van der Waals surface area contributed by atoms with Crippen LogP contribution in [-0.2, 0) is 9.59 Å². The van der Waals surface area contributed by atoms with Gasteiger partial charge in [-0.05, 0) is 6.07 Å². The van der Waals surface area contributed by atoms with E-state index in [-0.39, 0.29) is 0 Å². The molecular weight excluding hydrogens is 144 g/mol. The maximum atomic E-state index is 10.7. The van der Waals surface area contributed by atoms with Gasteiger partial charge in [0.05, 0.1) is 5.69 Å². The van der Waals surface area contributed by atoms with E-state index in [0.29, 0.717) is 5.69 Å². The van der Waals surface area contributed by atoms with Crippen molar-refractivity contribution in [2.75, 3.05) is 5.32 Å². The fraction of sp³-hybridized carbons (Fsp3) is 0.143. The van der Waals surface area contributed by atoms with Crippen molar-refractivity contribution < 1.29 is 9.59 Å². The fourth-order valence-corrected chi connectivity index (χ4v) is 0.621. The van der Waals surface area contributed by atoms with E-state index in [9.17, 15) is 9.59 Å². The van der Waals surface area contributed by atoms with E-state index >= 15 is 0 Å². The Balaban J connectivity index is 2.57. The second-order valence-electron chi connectivity index (χ2n) is 2.11. The molecule has 1 aromatic heterocycles. The number of carbonyl (C=O) groups excluding carboxylic acids is 2. The summed E-state index contributed by atoms with van der Waals surface area (Å²) in [5, 5.41) is 2.40. The number of aromatic amines is 1. The van der Waals surface area contributed by atoms with Gasteiger partial charge in [0.2, 0.25) is 5.78 Å². The molecule has 11 heavy (non-hydrogen) atoms. The van der Waals surface area contributed by atoms with Crippen molar-refractivity contribution in [3.63, 3.8) is 0 Å². The van der Waals surface area contributed by atoms with Crippen molar-refractivity contribution in [3.05, 3.63) is 18.5 Å². The van der Waals surface area contributed by atoms with Gasteiger partial charge in [-0.15, -0.1) is 0 Å². The summed E-state index contributed by atoms with van der Waals surface area (Å²) in [6.45, 7) is 1.22. The van der Waals surface area contributed by atoms with E-state index in [1.165, 1.54) is 6.92 Å². The van der Waals surface area contributed by atoms with Crippen LogP contribution in [0.5, 0.6) is 0 Å². The van der Waals surface area contributed by atoms with Crippen molar-refractivity contribution in [1.82, 2.24) is 4.98 Å². The third kappa shape index (κ3) is 1.93. The molecule has 0 bridgehead atoms. The van der Waals surface area contributed by atoms with Gasteiger partial charge >= 0.3 is 0 Å². The molecule has 1 rings (SSSR count). The minimum Gasteiger partial charge on any atom is -0.366 e. The quantitative estimate of drug-likeness (QED) is 0.607. The molecule has 0 saturated carbocycles. The van der Waals surface area contributed by atoms with Crippen LogP contribution in [0, 0.1) is 0 Å². The average Bonchev–Trinajstić information content (AvgIpc) is 2.39. The topological polar surface area (TPSA) is 62.0 Å². The molecular formula is C7H8N2O2. The monoisotopic (exact) mass is 152 g/mol. The minimum absolute atomic E-state index is 0.494. The van der Waals surface area contributed by atoms with Crippen LogP contribution < -0.4 is 5.32 Å². The molecule has 2 N–H and O–H groups in total. The molecule has 58 valence electrons. The number of rotatable bonds is 2. The van der Waals surface area contributed by atoms with Gasteiger partial charge in [0.25, 0.3) is 5.91 Å². The first-order valence-corrected chi connectivity index (χ1v) is 3.15. The van der Waals surface area contributed by atoms with E-state index in [1.807, 2.05) is 0 Å². The van der Waals surface area contributed by atoms with Crippen LogP contribution in [0.1, 0.15) is 6.92 Å². The Bertz CT molecular complexity index is 264. The molecule has 4 nitrogen and oxygen atoms in total. The highest BCUT2D eigenvalue weighted by atomic mass is 16.2. The lowest BCUT2D eigenvalue weighted by molar-refractivity contribution is -0.133. The van der Waals surface area contributed by atoms with E-state index in [1.54, 1.807) is 18.5 Å². The van der Waals surface area contributed by atoms with E-state index in [0.717, 1.165) is 0 Å². The number of anilines is 1. The van der Waals surface area contributed by atoms with E-state index < -0.39 is 11.7 Å². The number of aromatic nitrogens is 1. The highest BCUT2D eigenvalue weighted by molar-refractivity contribution is 6.39. The lowest BCUT2D eigenvalue weighted by Gasteiger charge is -1.95. The molecule has 0 unspecified atom stereocenters. The van der Waals surface area contributed by atoms with Crippen molar-refractivity contribution in [3.8, 4) is 0 Å². The molecule has 0 fully saturated rings. The second kappa shape index (κ2) is 3.01. The Morgan fingerprint density at radius 2 is 2.27 bits per heavy atom. The molecule has 0 aliphatic carbocycles. The first-order chi connectivity index (χ1) is 5.20. The minimum atomic E-state index is -0.593. The first kappa shape index (κ1) is 7.53. The zero-order valence-corrected chi connectivity index (χ0v) is 6.05. The molecule has 0 saturated heterocycles. The van der Waals surface area contributed by atoms with Gasteiger partial charge in [0.1, 0.15) is 0 Å². The molecule has 1 aromatic rings. The van der Waals surface area contributed by atoms with Crippen LogP contribution in [0.3, 0.4) is 0 Å². The fourth-order valence-electron chi connectivity index (χ4n) is 0.621. The highest BCUT2D eigenvalue weighted by Gasteiger charge is 2.06. The Hall–Kier alpha value is -1.58. The van der Waals surface area contributed by atoms with Crippen LogP contribution in [0.15, 0.2) is 18.5 Å².